The van der Waals surface area contributed by atoms with Crippen LogP contribution in [0.3, 0.4) is 0 Å². The van der Waals surface area contributed by atoms with Crippen molar-refractivity contribution in [3.8, 4) is 0 Å². The first kappa shape index (κ1) is 16.8. The van der Waals surface area contributed by atoms with Crippen LogP contribution < -0.4 is 0 Å². The third-order valence-corrected chi connectivity index (χ3v) is 10.9. The molecule has 1 nitrogen and oxygen atoms in total. The molecule has 2 heteroatoms. The van der Waals surface area contributed by atoms with Gasteiger partial charge in [0, 0.05) is 0 Å². The third kappa shape index (κ3) is 9.66. The van der Waals surface area contributed by atoms with Gasteiger partial charge in [-0.3, -0.25) is 0 Å². The minimum atomic E-state index is -1.25. The predicted octanol–water partition coefficient (Wildman–Crippen LogP) is 5.71. The van der Waals surface area contributed by atoms with Crippen LogP contribution in [0.25, 0.3) is 0 Å². The minimum absolute atomic E-state index is 1.10. The Morgan fingerprint density at radius 2 is 1.39 bits per heavy atom. The summed E-state index contributed by atoms with van der Waals surface area (Å²) in [6.07, 6.45) is 17.4. The van der Waals surface area contributed by atoms with Crippen molar-refractivity contribution in [2.24, 2.45) is 0 Å². The summed E-state index contributed by atoms with van der Waals surface area (Å²) in [5, 5.41) is 0. The zero-order chi connectivity index (χ0) is 12.9. The number of hydrogen-bond donors (Lipinski definition) is 0. The summed E-state index contributed by atoms with van der Waals surface area (Å²) in [7, 11) is 0. The maximum absolute atomic E-state index is 5.96. The number of unbranched alkanes of at least 4 members (excludes halogenated alkanes) is 9. The fraction of sp³-hybridized carbons (Fsp3) is 1.00. The van der Waals surface area contributed by atoms with Crippen molar-refractivity contribution < 1.29 is 3.07 Å². The number of hydrogen-bond acceptors (Lipinski definition) is 1. The molecule has 1 aliphatic heterocycles. The SMILES string of the molecule is CCCCCCCCCCC[CH2][Sn]1[CH2]CCC[O]1. The van der Waals surface area contributed by atoms with E-state index in [1.807, 2.05) is 0 Å². The van der Waals surface area contributed by atoms with Gasteiger partial charge in [0.2, 0.25) is 0 Å². The van der Waals surface area contributed by atoms with Crippen molar-refractivity contribution >= 4 is 20.2 Å². The Morgan fingerprint density at radius 1 is 0.778 bits per heavy atom. The summed E-state index contributed by atoms with van der Waals surface area (Å²) in [5.74, 6) is 0. The topological polar surface area (TPSA) is 9.23 Å². The molecule has 0 aromatic carbocycles. The van der Waals surface area contributed by atoms with E-state index in [9.17, 15) is 0 Å². The van der Waals surface area contributed by atoms with E-state index in [4.69, 9.17) is 3.07 Å². The van der Waals surface area contributed by atoms with Crippen LogP contribution in [0.5, 0.6) is 0 Å². The van der Waals surface area contributed by atoms with E-state index in [2.05, 4.69) is 6.92 Å². The molecule has 1 saturated heterocycles. The van der Waals surface area contributed by atoms with Crippen LogP contribution in [-0.2, 0) is 3.07 Å². The molecule has 1 rings (SSSR count). The fourth-order valence-corrected chi connectivity index (χ4v) is 9.17. The van der Waals surface area contributed by atoms with Gasteiger partial charge in [-0.25, -0.2) is 0 Å². The molecule has 0 N–H and O–H groups in total. The average Bonchev–Trinajstić information content (AvgIpc) is 2.42. The summed E-state index contributed by atoms with van der Waals surface area (Å²) >= 11 is -1.25. The van der Waals surface area contributed by atoms with E-state index >= 15 is 0 Å². The van der Waals surface area contributed by atoms with Gasteiger partial charge in [-0.2, -0.15) is 0 Å². The molecule has 1 heterocycles. The van der Waals surface area contributed by atoms with Gasteiger partial charge >= 0.3 is 123 Å². The van der Waals surface area contributed by atoms with E-state index in [0.717, 1.165) is 6.61 Å². The molecule has 0 amide bonds. The molecule has 0 unspecified atom stereocenters. The first-order valence-corrected chi connectivity index (χ1v) is 13.6. The summed E-state index contributed by atoms with van der Waals surface area (Å²) < 4.78 is 8.98. The Kier molecular flexibility index (Phi) is 11.9. The molecular formula is C16H33OSn. The molecule has 0 atom stereocenters. The molecule has 107 valence electrons. The molecule has 0 bridgehead atoms. The summed E-state index contributed by atoms with van der Waals surface area (Å²) in [4.78, 5) is 0. The molecule has 0 aromatic rings. The van der Waals surface area contributed by atoms with Crippen LogP contribution in [-0.4, -0.2) is 26.8 Å². The normalized spacial score (nSPS) is 17.2. The van der Waals surface area contributed by atoms with Crippen molar-refractivity contribution in [1.29, 1.82) is 0 Å². The average molecular weight is 360 g/mol. The van der Waals surface area contributed by atoms with Crippen LogP contribution in [0.1, 0.15) is 84.0 Å². The van der Waals surface area contributed by atoms with Crippen molar-refractivity contribution in [3.05, 3.63) is 0 Å². The van der Waals surface area contributed by atoms with Gasteiger partial charge in [-0.1, -0.05) is 0 Å². The van der Waals surface area contributed by atoms with Gasteiger partial charge in [0.05, 0.1) is 0 Å². The molecule has 1 radical (unpaired) electrons. The van der Waals surface area contributed by atoms with Crippen LogP contribution >= 0.6 is 0 Å². The van der Waals surface area contributed by atoms with Crippen molar-refractivity contribution in [3.63, 3.8) is 0 Å². The van der Waals surface area contributed by atoms with E-state index in [1.165, 1.54) is 85.9 Å². The van der Waals surface area contributed by atoms with E-state index in [-0.39, 0.29) is 0 Å². The summed E-state index contributed by atoms with van der Waals surface area (Å²) in [6, 6.07) is 0. The van der Waals surface area contributed by atoms with Gasteiger partial charge in [0.25, 0.3) is 0 Å². The van der Waals surface area contributed by atoms with Crippen LogP contribution in [0.15, 0.2) is 0 Å². The molecule has 1 fully saturated rings. The van der Waals surface area contributed by atoms with E-state index < -0.39 is 20.2 Å². The monoisotopic (exact) mass is 361 g/mol. The van der Waals surface area contributed by atoms with Crippen LogP contribution in [0.2, 0.25) is 8.87 Å². The van der Waals surface area contributed by atoms with Gasteiger partial charge in [-0.15, -0.1) is 0 Å². The standard InChI is InChI=1S/C12H25.C4H8O.Sn/c1-3-5-7-9-11-12-10-8-6-4-2;1-2-3-4-5;/h1,3-12H2,2H3;1-4H2;/q;-1;+1. The Labute approximate surface area is 122 Å². The van der Waals surface area contributed by atoms with Gasteiger partial charge in [-0.05, 0) is 0 Å². The van der Waals surface area contributed by atoms with Gasteiger partial charge in [0.15, 0.2) is 0 Å². The summed E-state index contributed by atoms with van der Waals surface area (Å²) in [5.41, 5.74) is 0. The Morgan fingerprint density at radius 3 is 1.94 bits per heavy atom. The van der Waals surface area contributed by atoms with E-state index in [1.54, 1.807) is 0 Å². The molecule has 0 aromatic heterocycles. The molecule has 0 aliphatic carbocycles. The summed E-state index contributed by atoms with van der Waals surface area (Å²) in [6.45, 7) is 3.40. The Bertz CT molecular complexity index is 166. The van der Waals surface area contributed by atoms with E-state index in [0.29, 0.717) is 0 Å². The third-order valence-electron chi connectivity index (χ3n) is 3.97. The molecular weight excluding hydrogens is 327 g/mol. The van der Waals surface area contributed by atoms with Gasteiger partial charge in [0.1, 0.15) is 0 Å². The first-order chi connectivity index (χ1) is 8.93. The van der Waals surface area contributed by atoms with Crippen LogP contribution in [0.4, 0.5) is 0 Å². The van der Waals surface area contributed by atoms with Crippen molar-refractivity contribution in [2.45, 2.75) is 92.8 Å². The van der Waals surface area contributed by atoms with Crippen LogP contribution in [0, 0.1) is 0 Å². The maximum atomic E-state index is 5.96. The predicted molar refractivity (Wildman–Crippen MR) is 82.4 cm³/mol. The Balaban J connectivity index is 1.73. The second-order valence-corrected chi connectivity index (χ2v) is 12.5. The first-order valence-electron chi connectivity index (χ1n) is 8.41. The molecule has 18 heavy (non-hydrogen) atoms. The van der Waals surface area contributed by atoms with Crippen molar-refractivity contribution in [1.82, 2.24) is 0 Å². The zero-order valence-electron chi connectivity index (χ0n) is 12.5. The number of rotatable bonds is 11. The Hall–Kier alpha value is 0.759. The quantitative estimate of drug-likeness (QED) is 0.339. The zero-order valence-corrected chi connectivity index (χ0v) is 15.4. The second-order valence-electron chi connectivity index (χ2n) is 5.78. The fourth-order valence-electron chi connectivity index (χ4n) is 2.72. The second kappa shape index (κ2) is 12.8. The van der Waals surface area contributed by atoms with Gasteiger partial charge < -0.3 is 0 Å². The van der Waals surface area contributed by atoms with Crippen molar-refractivity contribution in [2.75, 3.05) is 6.61 Å². The molecule has 1 aliphatic rings. The molecule has 0 spiro atoms. The molecule has 0 saturated carbocycles.